The molecular weight excluding hydrogens is 548 g/mol. The summed E-state index contributed by atoms with van der Waals surface area (Å²) in [7, 11) is 0. The maximum atomic E-state index is 13.1. The van der Waals surface area contributed by atoms with Crippen LogP contribution in [0, 0.1) is 50.2 Å². The van der Waals surface area contributed by atoms with E-state index in [9.17, 15) is 35.4 Å². The average Bonchev–Trinajstić information content (AvgIpc) is 2.96. The van der Waals surface area contributed by atoms with Crippen molar-refractivity contribution in [3.8, 4) is 0 Å². The summed E-state index contributed by atoms with van der Waals surface area (Å²) in [5, 5.41) is 68.9. The molecular formula is C35H56O8. The Morgan fingerprint density at radius 3 is 2.16 bits per heavy atom. The largest absolute Gasteiger partial charge is 0.455 e. The van der Waals surface area contributed by atoms with E-state index in [0.29, 0.717) is 18.4 Å². The molecule has 0 bridgehead atoms. The van der Waals surface area contributed by atoms with Crippen LogP contribution in [0.4, 0.5) is 0 Å². The molecule has 0 aromatic heterocycles. The van der Waals surface area contributed by atoms with E-state index in [2.05, 4.69) is 26.8 Å². The van der Waals surface area contributed by atoms with Crippen LogP contribution < -0.4 is 0 Å². The lowest BCUT2D eigenvalue weighted by Gasteiger charge is -2.73. The Bertz CT molecular complexity index is 1190. The third kappa shape index (κ3) is 3.99. The van der Waals surface area contributed by atoms with Crippen molar-refractivity contribution in [1.82, 2.24) is 0 Å². The number of ether oxygens (including phenoxy) is 1. The van der Waals surface area contributed by atoms with Crippen molar-refractivity contribution in [2.75, 3.05) is 13.2 Å². The number of hydrogen-bond acceptors (Lipinski definition) is 8. The Balaban J connectivity index is 1.66. The zero-order valence-electron chi connectivity index (χ0n) is 27.4. The zero-order valence-corrected chi connectivity index (χ0v) is 27.4. The van der Waals surface area contributed by atoms with E-state index in [1.807, 2.05) is 20.8 Å². The Hall–Kier alpha value is -1.29. The second-order valence-corrected chi connectivity index (χ2v) is 16.5. The number of hydrogen-bond donors (Lipinski definition) is 6. The highest BCUT2D eigenvalue weighted by Gasteiger charge is 2.75. The van der Waals surface area contributed by atoms with Gasteiger partial charge in [0, 0.05) is 16.4 Å². The van der Waals surface area contributed by atoms with Crippen molar-refractivity contribution in [1.29, 1.82) is 0 Å². The highest BCUT2D eigenvalue weighted by atomic mass is 16.6. The number of carbonyl (C=O) groups is 1. The fraction of sp³-hybridized carbons (Fsp3) is 0.857. The van der Waals surface area contributed by atoms with Gasteiger partial charge < -0.3 is 35.4 Å². The molecule has 13 atom stereocenters. The first-order valence-electron chi connectivity index (χ1n) is 16.4. The summed E-state index contributed by atoms with van der Waals surface area (Å²) in [4.78, 5) is 13.1. The van der Waals surface area contributed by atoms with E-state index >= 15 is 0 Å². The average molecular weight is 605 g/mol. The van der Waals surface area contributed by atoms with Crippen LogP contribution in [-0.4, -0.2) is 80.3 Å². The van der Waals surface area contributed by atoms with Gasteiger partial charge in [0.25, 0.3) is 0 Å². The van der Waals surface area contributed by atoms with Crippen molar-refractivity contribution in [3.05, 3.63) is 23.3 Å². The maximum Gasteiger partial charge on any atom is 0.333 e. The van der Waals surface area contributed by atoms with Crippen LogP contribution in [0.1, 0.15) is 93.9 Å². The van der Waals surface area contributed by atoms with E-state index in [1.165, 1.54) is 0 Å². The van der Waals surface area contributed by atoms with Gasteiger partial charge in [0.2, 0.25) is 0 Å². The van der Waals surface area contributed by atoms with Gasteiger partial charge in [-0.25, -0.2) is 4.79 Å². The van der Waals surface area contributed by atoms with Crippen LogP contribution in [0.15, 0.2) is 23.3 Å². The minimum atomic E-state index is -1.49. The highest BCUT2D eigenvalue weighted by Crippen LogP contribution is 2.75. The highest BCUT2D eigenvalue weighted by molar-refractivity contribution is 5.87. The molecule has 8 nitrogen and oxygen atoms in total. The number of allylic oxidation sites excluding steroid dienone is 2. The molecule has 0 saturated heterocycles. The molecule has 43 heavy (non-hydrogen) atoms. The van der Waals surface area contributed by atoms with Crippen molar-refractivity contribution in [2.24, 2.45) is 50.2 Å². The van der Waals surface area contributed by atoms with Gasteiger partial charge in [-0.1, -0.05) is 59.3 Å². The molecule has 6 N–H and O–H groups in total. The van der Waals surface area contributed by atoms with Gasteiger partial charge in [0.1, 0.15) is 6.10 Å². The quantitative estimate of drug-likeness (QED) is 0.162. The minimum absolute atomic E-state index is 0.0805. The van der Waals surface area contributed by atoms with Crippen molar-refractivity contribution in [2.45, 2.75) is 124 Å². The molecule has 0 heterocycles. The fourth-order valence-corrected chi connectivity index (χ4v) is 11.4. The monoisotopic (exact) mass is 604 g/mol. The van der Waals surface area contributed by atoms with Gasteiger partial charge in [-0.15, -0.1) is 0 Å². The number of rotatable bonds is 4. The predicted molar refractivity (Wildman–Crippen MR) is 162 cm³/mol. The lowest BCUT2D eigenvalue weighted by atomic mass is 9.32. The molecule has 0 aliphatic heterocycles. The fourth-order valence-electron chi connectivity index (χ4n) is 11.4. The van der Waals surface area contributed by atoms with Gasteiger partial charge in [-0.05, 0) is 86.4 Å². The van der Waals surface area contributed by atoms with Crippen molar-refractivity contribution < 1.29 is 40.2 Å². The SMILES string of the molecule is C/C=C(/C)C(=O)O[C@H]1[C@H](O)C(C)(C)C[C@@H]2C3=CC[C@@H]4[C@@]5(C)CC[C@H](O)C(C)(CO)C5CC[C@@]4(C)[C@]3(C)[C@@H](O)[C@@H](O)[C@]21CO. The molecule has 4 saturated carbocycles. The Morgan fingerprint density at radius 2 is 1.58 bits per heavy atom. The summed E-state index contributed by atoms with van der Waals surface area (Å²) in [5.41, 5.74) is -2.95. The first-order chi connectivity index (χ1) is 19.9. The molecule has 5 rings (SSSR count). The molecule has 5 aliphatic carbocycles. The molecule has 2 unspecified atom stereocenters. The van der Waals surface area contributed by atoms with E-state index in [1.54, 1.807) is 19.9 Å². The van der Waals surface area contributed by atoms with E-state index in [0.717, 1.165) is 31.3 Å². The summed E-state index contributed by atoms with van der Waals surface area (Å²) in [5.74, 6) is -0.826. The molecule has 8 heteroatoms. The van der Waals surface area contributed by atoms with Gasteiger partial charge in [0.05, 0.1) is 43.0 Å². The van der Waals surface area contributed by atoms with Crippen LogP contribution in [0.3, 0.4) is 0 Å². The molecule has 0 amide bonds. The zero-order chi connectivity index (χ0) is 32.1. The van der Waals surface area contributed by atoms with Crippen molar-refractivity contribution in [3.63, 3.8) is 0 Å². The summed E-state index contributed by atoms with van der Waals surface area (Å²) in [6.07, 6.45) is 2.28. The van der Waals surface area contributed by atoms with Crippen LogP contribution in [0.2, 0.25) is 0 Å². The second-order valence-electron chi connectivity index (χ2n) is 16.5. The minimum Gasteiger partial charge on any atom is -0.455 e. The second kappa shape index (κ2) is 10.4. The maximum absolute atomic E-state index is 13.1. The molecule has 0 radical (unpaired) electrons. The Kier molecular flexibility index (Phi) is 7.97. The van der Waals surface area contributed by atoms with E-state index < -0.39 is 76.1 Å². The third-order valence-electron chi connectivity index (χ3n) is 14.6. The predicted octanol–water partition coefficient (Wildman–Crippen LogP) is 3.51. The first-order valence-corrected chi connectivity index (χ1v) is 16.4. The number of carbonyl (C=O) groups excluding carboxylic acids is 1. The molecule has 0 aromatic rings. The topological polar surface area (TPSA) is 148 Å². The van der Waals surface area contributed by atoms with Crippen LogP contribution >= 0.6 is 0 Å². The number of aliphatic hydroxyl groups excluding tert-OH is 6. The van der Waals surface area contributed by atoms with Gasteiger partial charge in [0.15, 0.2) is 0 Å². The standard InChI is InChI=1S/C35H56O8/c1-9-19(2)29(42)43-28-27(41)30(3,4)16-21-20-10-11-23-31(5)14-13-24(38)32(6,17-36)22(31)12-15-33(23,7)34(20,8)25(39)26(40)35(21,28)18-37/h9-10,21-28,36-41H,11-18H2,1-8H3/b19-9-/t21-,22?,23-,24+,25+,26-,27+,28+,31+,32?,33-,34+,35+/m1/s1. The molecule has 244 valence electrons. The van der Waals surface area contributed by atoms with Crippen molar-refractivity contribution >= 4 is 5.97 Å². The molecule has 0 aromatic carbocycles. The molecule has 0 spiro atoms. The van der Waals surface area contributed by atoms with E-state index in [4.69, 9.17) is 4.74 Å². The number of fused-ring (bicyclic) bond motifs is 7. The normalized spacial score (nSPS) is 52.6. The van der Waals surface area contributed by atoms with Crippen LogP contribution in [0.5, 0.6) is 0 Å². The first kappa shape index (κ1) is 33.1. The number of aliphatic hydroxyl groups is 6. The summed E-state index contributed by atoms with van der Waals surface area (Å²) >= 11 is 0. The number of esters is 1. The summed E-state index contributed by atoms with van der Waals surface area (Å²) < 4.78 is 5.99. The Morgan fingerprint density at radius 1 is 0.930 bits per heavy atom. The van der Waals surface area contributed by atoms with Gasteiger partial charge in [-0.2, -0.15) is 0 Å². The lowest BCUT2D eigenvalue weighted by molar-refractivity contribution is -0.291. The Labute approximate surface area is 257 Å². The van der Waals surface area contributed by atoms with Crippen LogP contribution in [0.25, 0.3) is 0 Å². The van der Waals surface area contributed by atoms with Gasteiger partial charge >= 0.3 is 5.97 Å². The van der Waals surface area contributed by atoms with Gasteiger partial charge in [-0.3, -0.25) is 0 Å². The third-order valence-corrected chi connectivity index (χ3v) is 14.6. The van der Waals surface area contributed by atoms with Crippen LogP contribution in [-0.2, 0) is 9.53 Å². The lowest BCUT2D eigenvalue weighted by Crippen LogP contribution is -2.76. The van der Waals surface area contributed by atoms with E-state index in [-0.39, 0.29) is 23.9 Å². The molecule has 4 fully saturated rings. The molecule has 5 aliphatic rings. The summed E-state index contributed by atoms with van der Waals surface area (Å²) in [6, 6.07) is 0. The summed E-state index contributed by atoms with van der Waals surface area (Å²) in [6.45, 7) is 15.2. The smallest absolute Gasteiger partial charge is 0.333 e.